The first-order valence-corrected chi connectivity index (χ1v) is 5.30. The van der Waals surface area contributed by atoms with Crippen molar-refractivity contribution in [2.24, 2.45) is 0 Å². The summed E-state index contributed by atoms with van der Waals surface area (Å²) in [4.78, 5) is 11.0. The molecule has 1 aromatic rings. The second-order valence-corrected chi connectivity index (χ2v) is 3.73. The zero-order valence-corrected chi connectivity index (χ0v) is 9.56. The Bertz CT molecular complexity index is 356. The standard InChI is InChI=1S/C12H17NO3/c1-3-5-10(12(14)15)16-11-8(2)6-4-7-9(11)13/h4,6-7,10H,3,5,13H2,1-2H3,(H,14,15). The maximum Gasteiger partial charge on any atom is 0.344 e. The van der Waals surface area contributed by atoms with Gasteiger partial charge in [-0.3, -0.25) is 0 Å². The molecule has 0 aliphatic heterocycles. The Kier molecular flexibility index (Phi) is 4.17. The van der Waals surface area contributed by atoms with Crippen molar-refractivity contribution in [2.75, 3.05) is 5.73 Å². The Hall–Kier alpha value is -1.71. The van der Waals surface area contributed by atoms with E-state index in [1.165, 1.54) is 0 Å². The number of hydrogen-bond donors (Lipinski definition) is 2. The van der Waals surface area contributed by atoms with Gasteiger partial charge in [0.2, 0.25) is 0 Å². The van der Waals surface area contributed by atoms with E-state index >= 15 is 0 Å². The molecule has 1 aromatic carbocycles. The predicted molar refractivity (Wildman–Crippen MR) is 62.6 cm³/mol. The van der Waals surface area contributed by atoms with Crippen molar-refractivity contribution >= 4 is 11.7 Å². The molecule has 88 valence electrons. The van der Waals surface area contributed by atoms with E-state index < -0.39 is 12.1 Å². The highest BCUT2D eigenvalue weighted by Gasteiger charge is 2.20. The van der Waals surface area contributed by atoms with Crippen LogP contribution in [0.5, 0.6) is 5.75 Å². The molecule has 16 heavy (non-hydrogen) atoms. The Morgan fingerprint density at radius 1 is 1.56 bits per heavy atom. The zero-order valence-electron chi connectivity index (χ0n) is 9.56. The molecule has 0 heterocycles. The van der Waals surface area contributed by atoms with E-state index in [1.807, 2.05) is 26.0 Å². The number of para-hydroxylation sites is 1. The number of nitrogen functional groups attached to an aromatic ring is 1. The van der Waals surface area contributed by atoms with Crippen molar-refractivity contribution in [1.82, 2.24) is 0 Å². The Labute approximate surface area is 95.0 Å². The summed E-state index contributed by atoms with van der Waals surface area (Å²) in [6.45, 7) is 3.76. The van der Waals surface area contributed by atoms with Gasteiger partial charge in [-0.1, -0.05) is 25.5 Å². The number of rotatable bonds is 5. The molecule has 1 atom stereocenters. The lowest BCUT2D eigenvalue weighted by Crippen LogP contribution is -2.27. The second kappa shape index (κ2) is 5.39. The highest BCUT2D eigenvalue weighted by atomic mass is 16.5. The van der Waals surface area contributed by atoms with E-state index in [1.54, 1.807) is 6.07 Å². The molecule has 0 bridgehead atoms. The van der Waals surface area contributed by atoms with E-state index in [0.29, 0.717) is 17.9 Å². The molecule has 0 aliphatic rings. The van der Waals surface area contributed by atoms with Crippen molar-refractivity contribution < 1.29 is 14.6 Å². The Morgan fingerprint density at radius 3 is 2.75 bits per heavy atom. The van der Waals surface area contributed by atoms with Crippen molar-refractivity contribution in [3.05, 3.63) is 23.8 Å². The average Bonchev–Trinajstić information content (AvgIpc) is 2.21. The third-order valence-electron chi connectivity index (χ3n) is 2.33. The summed E-state index contributed by atoms with van der Waals surface area (Å²) < 4.78 is 5.45. The third kappa shape index (κ3) is 2.89. The smallest absolute Gasteiger partial charge is 0.344 e. The van der Waals surface area contributed by atoms with E-state index in [9.17, 15) is 4.79 Å². The van der Waals surface area contributed by atoms with Gasteiger partial charge in [0.1, 0.15) is 5.75 Å². The van der Waals surface area contributed by atoms with Gasteiger partial charge in [-0.25, -0.2) is 4.79 Å². The van der Waals surface area contributed by atoms with Gasteiger partial charge in [0.25, 0.3) is 0 Å². The lowest BCUT2D eigenvalue weighted by Gasteiger charge is -2.17. The molecule has 0 radical (unpaired) electrons. The van der Waals surface area contributed by atoms with Crippen LogP contribution in [0.4, 0.5) is 5.69 Å². The number of hydrogen-bond acceptors (Lipinski definition) is 3. The van der Waals surface area contributed by atoms with Crippen molar-refractivity contribution in [2.45, 2.75) is 32.8 Å². The average molecular weight is 223 g/mol. The zero-order chi connectivity index (χ0) is 12.1. The summed E-state index contributed by atoms with van der Waals surface area (Å²) in [6.07, 6.45) is 0.402. The SMILES string of the molecule is CCCC(Oc1c(C)cccc1N)C(=O)O. The van der Waals surface area contributed by atoms with Crippen LogP contribution in [-0.4, -0.2) is 17.2 Å². The molecule has 4 nitrogen and oxygen atoms in total. The number of benzene rings is 1. The number of carbonyl (C=O) groups is 1. The summed E-state index contributed by atoms with van der Waals surface area (Å²) in [5.41, 5.74) is 7.07. The largest absolute Gasteiger partial charge is 0.479 e. The van der Waals surface area contributed by atoms with Crippen LogP contribution in [0, 0.1) is 6.92 Å². The van der Waals surface area contributed by atoms with Crippen LogP contribution in [0.15, 0.2) is 18.2 Å². The molecule has 0 aliphatic carbocycles. The van der Waals surface area contributed by atoms with Gasteiger partial charge in [-0.2, -0.15) is 0 Å². The molecule has 3 N–H and O–H groups in total. The number of aliphatic carboxylic acids is 1. The molecule has 0 fully saturated rings. The van der Waals surface area contributed by atoms with E-state index in [2.05, 4.69) is 0 Å². The van der Waals surface area contributed by atoms with Gasteiger partial charge in [0, 0.05) is 0 Å². The number of nitrogens with two attached hydrogens (primary N) is 1. The van der Waals surface area contributed by atoms with Gasteiger partial charge < -0.3 is 15.6 Å². The van der Waals surface area contributed by atoms with Crippen LogP contribution >= 0.6 is 0 Å². The van der Waals surface area contributed by atoms with Gasteiger partial charge >= 0.3 is 5.97 Å². The minimum atomic E-state index is -0.954. The first kappa shape index (κ1) is 12.4. The molecule has 0 aromatic heterocycles. The fourth-order valence-electron chi connectivity index (χ4n) is 1.47. The van der Waals surface area contributed by atoms with E-state index in [4.69, 9.17) is 15.6 Å². The van der Waals surface area contributed by atoms with Gasteiger partial charge in [-0.05, 0) is 25.0 Å². The number of aryl methyl sites for hydroxylation is 1. The Balaban J connectivity index is 2.89. The molecule has 1 unspecified atom stereocenters. The number of carboxylic acid groups (broad SMARTS) is 1. The Morgan fingerprint density at radius 2 is 2.25 bits per heavy atom. The lowest BCUT2D eigenvalue weighted by atomic mass is 10.1. The van der Waals surface area contributed by atoms with Crippen LogP contribution < -0.4 is 10.5 Å². The maximum atomic E-state index is 11.0. The summed E-state index contributed by atoms with van der Waals surface area (Å²) in [5.74, 6) is -0.479. The van der Waals surface area contributed by atoms with E-state index in [0.717, 1.165) is 12.0 Å². The fourth-order valence-corrected chi connectivity index (χ4v) is 1.47. The van der Waals surface area contributed by atoms with Crippen LogP contribution in [0.2, 0.25) is 0 Å². The predicted octanol–water partition coefficient (Wildman–Crippen LogP) is 2.21. The molecular formula is C12H17NO3. The van der Waals surface area contributed by atoms with Crippen molar-refractivity contribution in [1.29, 1.82) is 0 Å². The molecule has 4 heteroatoms. The molecular weight excluding hydrogens is 206 g/mol. The first-order valence-electron chi connectivity index (χ1n) is 5.30. The van der Waals surface area contributed by atoms with Crippen LogP contribution in [0.3, 0.4) is 0 Å². The number of ether oxygens (including phenoxy) is 1. The molecule has 0 amide bonds. The minimum Gasteiger partial charge on any atom is -0.479 e. The number of carboxylic acids is 1. The van der Waals surface area contributed by atoms with Crippen LogP contribution in [0.1, 0.15) is 25.3 Å². The highest BCUT2D eigenvalue weighted by molar-refractivity contribution is 5.73. The maximum absolute atomic E-state index is 11.0. The third-order valence-corrected chi connectivity index (χ3v) is 2.33. The molecule has 0 saturated heterocycles. The van der Waals surface area contributed by atoms with E-state index in [-0.39, 0.29) is 0 Å². The first-order chi connectivity index (χ1) is 7.56. The molecule has 1 rings (SSSR count). The highest BCUT2D eigenvalue weighted by Crippen LogP contribution is 2.27. The normalized spacial score (nSPS) is 12.1. The monoisotopic (exact) mass is 223 g/mol. The van der Waals surface area contributed by atoms with Crippen molar-refractivity contribution in [3.8, 4) is 5.75 Å². The molecule has 0 spiro atoms. The van der Waals surface area contributed by atoms with Gasteiger partial charge in [-0.15, -0.1) is 0 Å². The topological polar surface area (TPSA) is 72.5 Å². The van der Waals surface area contributed by atoms with Crippen LogP contribution in [-0.2, 0) is 4.79 Å². The molecule has 0 saturated carbocycles. The minimum absolute atomic E-state index is 0.474. The quantitative estimate of drug-likeness (QED) is 0.750. The summed E-state index contributed by atoms with van der Waals surface area (Å²) in [6, 6.07) is 5.36. The lowest BCUT2D eigenvalue weighted by molar-refractivity contribution is -0.145. The van der Waals surface area contributed by atoms with Crippen molar-refractivity contribution in [3.63, 3.8) is 0 Å². The van der Waals surface area contributed by atoms with Crippen LogP contribution in [0.25, 0.3) is 0 Å². The summed E-state index contributed by atoms with van der Waals surface area (Å²) >= 11 is 0. The fraction of sp³-hybridized carbons (Fsp3) is 0.417. The second-order valence-electron chi connectivity index (χ2n) is 3.73. The summed E-state index contributed by atoms with van der Waals surface area (Å²) in [7, 11) is 0. The number of anilines is 1. The van der Waals surface area contributed by atoms with Gasteiger partial charge in [0.15, 0.2) is 6.10 Å². The van der Waals surface area contributed by atoms with Gasteiger partial charge in [0.05, 0.1) is 5.69 Å². The summed E-state index contributed by atoms with van der Waals surface area (Å²) in [5, 5.41) is 8.98.